The molecule has 2 aromatic heterocycles. The van der Waals surface area contributed by atoms with Crippen LogP contribution in [0, 0.1) is 0 Å². The topological polar surface area (TPSA) is 73.3 Å². The lowest BCUT2D eigenvalue weighted by Gasteiger charge is -2.18. The summed E-state index contributed by atoms with van der Waals surface area (Å²) in [5.41, 5.74) is 2.26. The number of nitrogens with one attached hydrogen (secondary N) is 1. The van der Waals surface area contributed by atoms with Crippen LogP contribution in [0.1, 0.15) is 10.4 Å². The van der Waals surface area contributed by atoms with Crippen molar-refractivity contribution in [1.29, 1.82) is 0 Å². The van der Waals surface area contributed by atoms with Gasteiger partial charge in [-0.2, -0.15) is 0 Å². The van der Waals surface area contributed by atoms with Gasteiger partial charge in [-0.15, -0.1) is 11.3 Å². The Labute approximate surface area is 142 Å². The third kappa shape index (κ3) is 2.93. The molecule has 3 aromatic rings. The van der Waals surface area contributed by atoms with E-state index in [1.54, 1.807) is 30.6 Å². The number of nitrogens with zero attached hydrogens (tertiary/aromatic N) is 2. The highest BCUT2D eigenvalue weighted by Gasteiger charge is 2.16. The Morgan fingerprint density at radius 3 is 2.71 bits per heavy atom. The van der Waals surface area contributed by atoms with E-state index in [4.69, 9.17) is 9.47 Å². The first-order chi connectivity index (χ1) is 11.8. The van der Waals surface area contributed by atoms with E-state index in [0.717, 1.165) is 11.3 Å². The second-order valence-electron chi connectivity index (χ2n) is 5.09. The number of hydrogen-bond acceptors (Lipinski definition) is 6. The number of fused-ring (bicyclic) bond motifs is 1. The van der Waals surface area contributed by atoms with Crippen LogP contribution in [0.5, 0.6) is 11.5 Å². The minimum Gasteiger partial charge on any atom is -0.486 e. The maximum atomic E-state index is 12.4. The van der Waals surface area contributed by atoms with Gasteiger partial charge < -0.3 is 9.47 Å². The maximum Gasteiger partial charge on any atom is 0.257 e. The highest BCUT2D eigenvalue weighted by atomic mass is 32.1. The molecule has 7 heteroatoms. The van der Waals surface area contributed by atoms with Crippen LogP contribution in [0.2, 0.25) is 0 Å². The number of thiazole rings is 1. The van der Waals surface area contributed by atoms with E-state index >= 15 is 0 Å². The van der Waals surface area contributed by atoms with Gasteiger partial charge in [0, 0.05) is 28.9 Å². The average Bonchev–Trinajstić information content (AvgIpc) is 3.10. The molecule has 1 aromatic carbocycles. The van der Waals surface area contributed by atoms with Gasteiger partial charge in [-0.3, -0.25) is 15.1 Å². The summed E-state index contributed by atoms with van der Waals surface area (Å²) in [6.45, 7) is 1.01. The number of aromatic nitrogens is 2. The fourth-order valence-corrected chi connectivity index (χ4v) is 3.06. The van der Waals surface area contributed by atoms with Crippen molar-refractivity contribution in [3.63, 3.8) is 0 Å². The van der Waals surface area contributed by atoms with Gasteiger partial charge in [-0.05, 0) is 30.3 Å². The number of hydrogen-bond donors (Lipinski definition) is 1. The van der Waals surface area contributed by atoms with Crippen molar-refractivity contribution in [2.75, 3.05) is 18.5 Å². The van der Waals surface area contributed by atoms with Crippen molar-refractivity contribution in [3.05, 3.63) is 53.7 Å². The molecule has 0 fully saturated rings. The van der Waals surface area contributed by atoms with Crippen molar-refractivity contribution in [2.45, 2.75) is 0 Å². The number of pyridine rings is 1. The Hall–Kier alpha value is -2.93. The van der Waals surface area contributed by atoms with Crippen LogP contribution in [0.15, 0.2) is 48.1 Å². The molecule has 1 N–H and O–H groups in total. The van der Waals surface area contributed by atoms with Crippen LogP contribution in [0.3, 0.4) is 0 Å². The van der Waals surface area contributed by atoms with Gasteiger partial charge in [0.05, 0.1) is 5.69 Å². The van der Waals surface area contributed by atoms with Gasteiger partial charge in [-0.25, -0.2) is 4.98 Å². The fraction of sp³-hybridized carbons (Fsp3) is 0.118. The predicted molar refractivity (Wildman–Crippen MR) is 90.7 cm³/mol. The number of amides is 1. The maximum absolute atomic E-state index is 12.4. The summed E-state index contributed by atoms with van der Waals surface area (Å²) < 4.78 is 11.0. The van der Waals surface area contributed by atoms with Gasteiger partial charge in [0.15, 0.2) is 16.6 Å². The third-order valence-electron chi connectivity index (χ3n) is 3.51. The van der Waals surface area contributed by atoms with Crippen molar-refractivity contribution < 1.29 is 14.3 Å². The standard InChI is InChI=1S/C17H13N3O3S/c21-16(12-1-2-14-15(9-12)23-8-7-22-14)20-17-19-13(10-24-17)11-3-5-18-6-4-11/h1-6,9-10H,7-8H2,(H,19,20,21). The smallest absolute Gasteiger partial charge is 0.257 e. The van der Waals surface area contributed by atoms with Crippen molar-refractivity contribution >= 4 is 22.4 Å². The largest absolute Gasteiger partial charge is 0.486 e. The van der Waals surface area contributed by atoms with Crippen molar-refractivity contribution in [3.8, 4) is 22.8 Å². The van der Waals surface area contributed by atoms with Crippen LogP contribution in [-0.4, -0.2) is 29.1 Å². The minimum atomic E-state index is -0.234. The number of carbonyl (C=O) groups is 1. The molecule has 1 aliphatic rings. The number of rotatable bonds is 3. The normalized spacial score (nSPS) is 12.7. The second-order valence-corrected chi connectivity index (χ2v) is 5.94. The Balaban J connectivity index is 1.51. The molecular formula is C17H13N3O3S. The van der Waals surface area contributed by atoms with Gasteiger partial charge in [-0.1, -0.05) is 0 Å². The zero-order valence-corrected chi connectivity index (χ0v) is 13.4. The Morgan fingerprint density at radius 1 is 1.08 bits per heavy atom. The van der Waals surface area contributed by atoms with E-state index < -0.39 is 0 Å². The van der Waals surface area contributed by atoms with E-state index in [1.165, 1.54) is 11.3 Å². The molecule has 0 unspecified atom stereocenters. The summed E-state index contributed by atoms with van der Waals surface area (Å²) >= 11 is 1.38. The molecule has 24 heavy (non-hydrogen) atoms. The minimum absolute atomic E-state index is 0.234. The molecule has 3 heterocycles. The van der Waals surface area contributed by atoms with Crippen molar-refractivity contribution in [1.82, 2.24) is 9.97 Å². The lowest BCUT2D eigenvalue weighted by atomic mass is 10.2. The molecule has 1 amide bonds. The summed E-state index contributed by atoms with van der Waals surface area (Å²) in [5, 5.41) is 5.25. The highest BCUT2D eigenvalue weighted by molar-refractivity contribution is 7.14. The van der Waals surface area contributed by atoms with Crippen molar-refractivity contribution in [2.24, 2.45) is 0 Å². The van der Waals surface area contributed by atoms with Crippen LogP contribution < -0.4 is 14.8 Å². The van der Waals surface area contributed by atoms with E-state index in [2.05, 4.69) is 15.3 Å². The predicted octanol–water partition coefficient (Wildman–Crippen LogP) is 3.23. The first-order valence-corrected chi connectivity index (χ1v) is 8.24. The van der Waals surface area contributed by atoms with E-state index in [9.17, 15) is 4.79 Å². The second kappa shape index (κ2) is 6.29. The molecule has 0 bridgehead atoms. The lowest BCUT2D eigenvalue weighted by molar-refractivity contribution is 0.102. The highest BCUT2D eigenvalue weighted by Crippen LogP contribution is 2.31. The third-order valence-corrected chi connectivity index (χ3v) is 4.26. The summed E-state index contributed by atoms with van der Waals surface area (Å²) in [7, 11) is 0. The lowest BCUT2D eigenvalue weighted by Crippen LogP contribution is -2.17. The van der Waals surface area contributed by atoms with Crippen LogP contribution in [0.4, 0.5) is 5.13 Å². The SMILES string of the molecule is O=C(Nc1nc(-c2ccncc2)cs1)c1ccc2c(c1)OCCO2. The molecule has 0 radical (unpaired) electrons. The fourth-order valence-electron chi connectivity index (χ4n) is 2.34. The molecule has 1 aliphatic heterocycles. The van der Waals surface area contributed by atoms with Crippen LogP contribution >= 0.6 is 11.3 Å². The van der Waals surface area contributed by atoms with E-state index in [-0.39, 0.29) is 5.91 Å². The zero-order valence-electron chi connectivity index (χ0n) is 12.6. The van der Waals surface area contributed by atoms with Crippen LogP contribution in [0.25, 0.3) is 11.3 Å². The summed E-state index contributed by atoms with van der Waals surface area (Å²) in [4.78, 5) is 20.8. The molecule has 0 aliphatic carbocycles. The molecule has 4 rings (SSSR count). The van der Waals surface area contributed by atoms with E-state index in [1.807, 2.05) is 17.5 Å². The molecule has 6 nitrogen and oxygen atoms in total. The summed E-state index contributed by atoms with van der Waals surface area (Å²) in [6, 6.07) is 8.89. The Bertz CT molecular complexity index is 880. The van der Waals surface area contributed by atoms with Gasteiger partial charge in [0.2, 0.25) is 0 Å². The van der Waals surface area contributed by atoms with Crippen LogP contribution in [-0.2, 0) is 0 Å². The number of ether oxygens (including phenoxy) is 2. The van der Waals surface area contributed by atoms with Gasteiger partial charge >= 0.3 is 0 Å². The van der Waals surface area contributed by atoms with Gasteiger partial charge in [0.25, 0.3) is 5.91 Å². The molecule has 0 saturated carbocycles. The molecule has 0 atom stereocenters. The summed E-state index contributed by atoms with van der Waals surface area (Å²) in [5.74, 6) is 1.01. The van der Waals surface area contributed by atoms with E-state index in [0.29, 0.717) is 35.4 Å². The van der Waals surface area contributed by atoms with Gasteiger partial charge in [0.1, 0.15) is 13.2 Å². The number of anilines is 1. The Morgan fingerprint density at radius 2 is 1.88 bits per heavy atom. The summed E-state index contributed by atoms with van der Waals surface area (Å²) in [6.07, 6.45) is 3.42. The first kappa shape index (κ1) is 14.6. The quantitative estimate of drug-likeness (QED) is 0.793. The average molecular weight is 339 g/mol. The molecule has 0 saturated heterocycles. The molecular weight excluding hydrogens is 326 g/mol. The number of carbonyl (C=O) groups excluding carboxylic acids is 1. The molecule has 0 spiro atoms. The first-order valence-electron chi connectivity index (χ1n) is 7.36. The monoisotopic (exact) mass is 339 g/mol. The molecule has 120 valence electrons. The number of benzene rings is 1. The Kier molecular flexibility index (Phi) is 3.84. The zero-order chi connectivity index (χ0) is 16.4.